The van der Waals surface area contributed by atoms with Crippen LogP contribution in [0.2, 0.25) is 0 Å². The summed E-state index contributed by atoms with van der Waals surface area (Å²) in [5.41, 5.74) is 1.02. The summed E-state index contributed by atoms with van der Waals surface area (Å²) < 4.78 is 5.30. The fourth-order valence-corrected chi connectivity index (χ4v) is 4.02. The Morgan fingerprint density at radius 2 is 1.92 bits per heavy atom. The van der Waals surface area contributed by atoms with Crippen LogP contribution in [0.4, 0.5) is 0 Å². The fraction of sp³-hybridized carbons (Fsp3) is 0.789. The lowest BCUT2D eigenvalue weighted by atomic mass is 9.91. The van der Waals surface area contributed by atoms with Gasteiger partial charge in [0, 0.05) is 38.2 Å². The van der Waals surface area contributed by atoms with E-state index in [1.165, 1.54) is 6.42 Å². The van der Waals surface area contributed by atoms with Crippen molar-refractivity contribution < 1.29 is 14.3 Å². The Labute approximate surface area is 145 Å². The molecule has 0 aromatic carbocycles. The second-order valence-corrected chi connectivity index (χ2v) is 7.27. The lowest BCUT2D eigenvalue weighted by Gasteiger charge is -2.34. The summed E-state index contributed by atoms with van der Waals surface area (Å²) in [5, 5.41) is 0. The molecule has 0 aromatic rings. The average Bonchev–Trinajstić information content (AvgIpc) is 2.67. The van der Waals surface area contributed by atoms with Crippen molar-refractivity contribution in [3.8, 4) is 0 Å². The molecule has 0 bridgehead atoms. The molecule has 0 radical (unpaired) electrons. The number of ether oxygens (including phenoxy) is 1. The van der Waals surface area contributed by atoms with Crippen LogP contribution in [-0.4, -0.2) is 61.0 Å². The van der Waals surface area contributed by atoms with Crippen molar-refractivity contribution in [3.05, 3.63) is 11.6 Å². The first-order chi connectivity index (χ1) is 11.7. The van der Waals surface area contributed by atoms with Gasteiger partial charge in [-0.1, -0.05) is 6.08 Å². The molecule has 134 valence electrons. The van der Waals surface area contributed by atoms with E-state index >= 15 is 0 Å². The molecule has 2 aliphatic heterocycles. The molecule has 2 fully saturated rings. The number of piperidine rings is 1. The normalized spacial score (nSPS) is 25.3. The smallest absolute Gasteiger partial charge is 0.249 e. The summed E-state index contributed by atoms with van der Waals surface area (Å²) in [6.07, 6.45) is 10.2. The van der Waals surface area contributed by atoms with Crippen LogP contribution < -0.4 is 0 Å². The quantitative estimate of drug-likeness (QED) is 0.793. The number of carbonyl (C=O) groups excluding carboxylic acids is 2. The van der Waals surface area contributed by atoms with Crippen LogP contribution in [0.5, 0.6) is 0 Å². The largest absolute Gasteiger partial charge is 0.378 e. The Morgan fingerprint density at radius 1 is 1.08 bits per heavy atom. The summed E-state index contributed by atoms with van der Waals surface area (Å²) in [6.45, 7) is 4.47. The van der Waals surface area contributed by atoms with Crippen molar-refractivity contribution in [2.24, 2.45) is 5.92 Å². The van der Waals surface area contributed by atoms with Crippen LogP contribution in [0, 0.1) is 5.92 Å². The van der Waals surface area contributed by atoms with Gasteiger partial charge in [-0.3, -0.25) is 9.59 Å². The maximum atomic E-state index is 12.7. The zero-order valence-corrected chi connectivity index (χ0v) is 14.7. The van der Waals surface area contributed by atoms with Gasteiger partial charge in [0.15, 0.2) is 0 Å². The monoisotopic (exact) mass is 334 g/mol. The third kappa shape index (κ3) is 4.59. The van der Waals surface area contributed by atoms with E-state index in [9.17, 15) is 9.59 Å². The van der Waals surface area contributed by atoms with Gasteiger partial charge in [0.25, 0.3) is 0 Å². The maximum absolute atomic E-state index is 12.7. The van der Waals surface area contributed by atoms with Crippen molar-refractivity contribution in [2.45, 2.75) is 51.4 Å². The first-order valence-electron chi connectivity index (χ1n) is 9.58. The summed E-state index contributed by atoms with van der Waals surface area (Å²) in [6, 6.07) is 0. The number of allylic oxidation sites excluding steroid dienone is 1. The molecule has 2 saturated heterocycles. The van der Waals surface area contributed by atoms with Crippen molar-refractivity contribution in [2.75, 3.05) is 39.4 Å². The van der Waals surface area contributed by atoms with E-state index in [2.05, 4.69) is 6.08 Å². The fourth-order valence-electron chi connectivity index (χ4n) is 4.02. The molecule has 0 N–H and O–H groups in total. The van der Waals surface area contributed by atoms with E-state index in [1.54, 1.807) is 0 Å². The molecule has 0 aromatic heterocycles. The highest BCUT2D eigenvalue weighted by Crippen LogP contribution is 2.25. The van der Waals surface area contributed by atoms with Gasteiger partial charge in [-0.15, -0.1) is 0 Å². The van der Waals surface area contributed by atoms with Crippen LogP contribution in [0.15, 0.2) is 11.6 Å². The van der Waals surface area contributed by atoms with E-state index in [1.807, 2.05) is 9.80 Å². The number of nitrogens with zero attached hydrogens (tertiary/aromatic N) is 2. The van der Waals surface area contributed by atoms with Crippen molar-refractivity contribution >= 4 is 11.8 Å². The van der Waals surface area contributed by atoms with Gasteiger partial charge in [-0.25, -0.2) is 0 Å². The van der Waals surface area contributed by atoms with Crippen molar-refractivity contribution in [1.29, 1.82) is 0 Å². The highest BCUT2D eigenvalue weighted by Gasteiger charge is 2.27. The molecule has 0 saturated carbocycles. The van der Waals surface area contributed by atoms with E-state index in [0.717, 1.165) is 70.3 Å². The van der Waals surface area contributed by atoms with Gasteiger partial charge >= 0.3 is 0 Å². The van der Waals surface area contributed by atoms with E-state index < -0.39 is 0 Å². The highest BCUT2D eigenvalue weighted by molar-refractivity contribution is 5.93. The molecule has 0 spiro atoms. The molecular formula is C19H30N2O3. The number of morpholine rings is 1. The molecular weight excluding hydrogens is 304 g/mol. The molecule has 2 heterocycles. The van der Waals surface area contributed by atoms with E-state index in [4.69, 9.17) is 4.74 Å². The lowest BCUT2D eigenvalue weighted by Crippen LogP contribution is -2.42. The number of rotatable bonds is 4. The lowest BCUT2D eigenvalue weighted by molar-refractivity contribution is -0.135. The van der Waals surface area contributed by atoms with E-state index in [-0.39, 0.29) is 11.8 Å². The van der Waals surface area contributed by atoms with Crippen molar-refractivity contribution in [3.63, 3.8) is 0 Å². The molecule has 5 heteroatoms. The molecule has 3 rings (SSSR count). The van der Waals surface area contributed by atoms with Gasteiger partial charge in [0.05, 0.1) is 13.2 Å². The second kappa shape index (κ2) is 8.65. The summed E-state index contributed by atoms with van der Waals surface area (Å²) in [7, 11) is 0. The Bertz CT molecular complexity index is 483. The van der Waals surface area contributed by atoms with Gasteiger partial charge in [0.1, 0.15) is 0 Å². The summed E-state index contributed by atoms with van der Waals surface area (Å²) in [5.74, 6) is 0.965. The Kier molecular flexibility index (Phi) is 6.30. The van der Waals surface area contributed by atoms with Gasteiger partial charge in [-0.05, 0) is 50.9 Å². The minimum atomic E-state index is 0.247. The van der Waals surface area contributed by atoms with Gasteiger partial charge < -0.3 is 14.5 Å². The van der Waals surface area contributed by atoms with Crippen molar-refractivity contribution in [1.82, 2.24) is 9.80 Å². The Balaban J connectivity index is 1.45. The van der Waals surface area contributed by atoms with Crippen LogP contribution in [0.1, 0.15) is 51.4 Å². The number of likely N-dealkylation sites (tertiary alicyclic amines) is 1. The van der Waals surface area contributed by atoms with Crippen LogP contribution in [-0.2, 0) is 14.3 Å². The Morgan fingerprint density at radius 3 is 2.67 bits per heavy atom. The molecule has 1 aliphatic carbocycles. The van der Waals surface area contributed by atoms with Crippen LogP contribution in [0.25, 0.3) is 0 Å². The van der Waals surface area contributed by atoms with Gasteiger partial charge in [-0.2, -0.15) is 0 Å². The minimum absolute atomic E-state index is 0.247. The Hall–Kier alpha value is -1.36. The maximum Gasteiger partial charge on any atom is 0.249 e. The molecule has 24 heavy (non-hydrogen) atoms. The standard InChI is InChI=1S/C19H30N2O3/c22-18(20-11-13-24-14-12-20)9-8-16-5-4-10-21(15-16)19(23)17-6-2-1-3-7-17/h6,16H,1-5,7-15H2. The highest BCUT2D eigenvalue weighted by atomic mass is 16.5. The SMILES string of the molecule is O=C(CCC1CCCN(C(=O)C2=CCCCC2)C1)N1CCOCC1. The number of hydrogen-bond acceptors (Lipinski definition) is 3. The van der Waals surface area contributed by atoms with Gasteiger partial charge in [0.2, 0.25) is 11.8 Å². The predicted molar refractivity (Wildman–Crippen MR) is 92.5 cm³/mol. The molecule has 5 nitrogen and oxygen atoms in total. The third-order valence-electron chi connectivity index (χ3n) is 5.50. The predicted octanol–water partition coefficient (Wildman–Crippen LogP) is 2.36. The molecule has 1 atom stereocenters. The average molecular weight is 334 g/mol. The van der Waals surface area contributed by atoms with Crippen LogP contribution >= 0.6 is 0 Å². The topological polar surface area (TPSA) is 49.9 Å². The van der Waals surface area contributed by atoms with E-state index in [0.29, 0.717) is 25.6 Å². The second-order valence-electron chi connectivity index (χ2n) is 7.27. The molecule has 3 aliphatic rings. The minimum Gasteiger partial charge on any atom is -0.378 e. The molecule has 2 amide bonds. The number of hydrogen-bond donors (Lipinski definition) is 0. The summed E-state index contributed by atoms with van der Waals surface area (Å²) in [4.78, 5) is 28.9. The molecule has 1 unspecified atom stereocenters. The van der Waals surface area contributed by atoms with Crippen LogP contribution in [0.3, 0.4) is 0 Å². The first-order valence-corrected chi connectivity index (χ1v) is 9.58. The summed E-state index contributed by atoms with van der Waals surface area (Å²) >= 11 is 0. The zero-order chi connectivity index (χ0) is 16.8. The third-order valence-corrected chi connectivity index (χ3v) is 5.50. The number of amides is 2. The first kappa shape index (κ1) is 17.5. The number of carbonyl (C=O) groups is 2. The zero-order valence-electron chi connectivity index (χ0n) is 14.7.